The molecule has 0 spiro atoms. The lowest BCUT2D eigenvalue weighted by atomic mass is 10.1. The lowest BCUT2D eigenvalue weighted by molar-refractivity contribution is 0.101. The molecule has 0 amide bonds. The van der Waals surface area contributed by atoms with Crippen molar-refractivity contribution in [2.45, 2.75) is 20.3 Å². The van der Waals surface area contributed by atoms with Crippen molar-refractivity contribution in [1.29, 1.82) is 5.26 Å². The van der Waals surface area contributed by atoms with Crippen LogP contribution in [0.4, 0.5) is 0 Å². The predicted octanol–water partition coefficient (Wildman–Crippen LogP) is 1.77. The van der Waals surface area contributed by atoms with Crippen LogP contribution in [0.2, 0.25) is 0 Å². The van der Waals surface area contributed by atoms with Crippen LogP contribution in [0.25, 0.3) is 0 Å². The van der Waals surface area contributed by atoms with Gasteiger partial charge in [0.2, 0.25) is 0 Å². The summed E-state index contributed by atoms with van der Waals surface area (Å²) in [5.74, 6) is -0.292. The molecule has 0 bridgehead atoms. The average molecular weight is 269 g/mol. The minimum atomic E-state index is -0.511. The van der Waals surface area contributed by atoms with Crippen LogP contribution in [-0.2, 0) is 6.42 Å². The molecular weight excluding hydrogens is 260 g/mol. The molecule has 1 N–H and O–H groups in total. The molecule has 0 aliphatic carbocycles. The summed E-state index contributed by atoms with van der Waals surface area (Å²) in [5.41, 5.74) is 0.150. The monoisotopic (exact) mass is 268 g/mol. The highest BCUT2D eigenvalue weighted by Gasteiger charge is 2.18. The summed E-state index contributed by atoms with van der Waals surface area (Å²) in [7, 11) is 0. The Balaban J connectivity index is 3.73. The molecule has 5 heteroatoms. The van der Waals surface area contributed by atoms with Crippen LogP contribution in [0.3, 0.4) is 0 Å². The molecule has 1 heterocycles. The van der Waals surface area contributed by atoms with Crippen molar-refractivity contribution in [3.63, 3.8) is 0 Å². The van der Waals surface area contributed by atoms with Gasteiger partial charge >= 0.3 is 0 Å². The number of aromatic amines is 1. The summed E-state index contributed by atoms with van der Waals surface area (Å²) in [4.78, 5) is 25.4. The molecule has 0 aliphatic heterocycles. The number of hydrogen-bond donors (Lipinski definition) is 1. The fourth-order valence-corrected chi connectivity index (χ4v) is 2.17. The molecule has 0 saturated carbocycles. The normalized spacial score (nSPS) is 9.73. The first kappa shape index (κ1) is 11.7. The topological polar surface area (TPSA) is 73.7 Å². The molecule has 0 unspecified atom stereocenters. The highest BCUT2D eigenvalue weighted by Crippen LogP contribution is 2.22. The van der Waals surface area contributed by atoms with Crippen LogP contribution in [0.15, 0.2) is 9.27 Å². The van der Waals surface area contributed by atoms with Gasteiger partial charge in [0.15, 0.2) is 5.78 Å². The standard InChI is InChI=1S/C10H9BrN2O2/c1-3-7-9(11)8(5(2)14)6(4-12)10(15)13-7/h3H2,1-2H3,(H,13,15). The van der Waals surface area contributed by atoms with Gasteiger partial charge in [0.25, 0.3) is 5.56 Å². The van der Waals surface area contributed by atoms with Crippen LogP contribution in [0.1, 0.15) is 35.5 Å². The third-order valence-electron chi connectivity index (χ3n) is 2.04. The zero-order valence-electron chi connectivity index (χ0n) is 8.35. The number of nitrogens with one attached hydrogen (secondary N) is 1. The smallest absolute Gasteiger partial charge is 0.266 e. The van der Waals surface area contributed by atoms with Crippen LogP contribution < -0.4 is 5.56 Å². The van der Waals surface area contributed by atoms with Gasteiger partial charge in [0, 0.05) is 10.2 Å². The van der Waals surface area contributed by atoms with E-state index in [1.807, 2.05) is 6.92 Å². The molecular formula is C10H9BrN2O2. The Morgan fingerprint density at radius 1 is 1.60 bits per heavy atom. The van der Waals surface area contributed by atoms with Gasteiger partial charge in [-0.1, -0.05) is 6.92 Å². The summed E-state index contributed by atoms with van der Waals surface area (Å²) in [5, 5.41) is 8.79. The molecule has 0 aliphatic rings. The van der Waals surface area contributed by atoms with E-state index in [-0.39, 0.29) is 16.9 Å². The summed E-state index contributed by atoms with van der Waals surface area (Å²) >= 11 is 3.23. The maximum Gasteiger partial charge on any atom is 0.266 e. The fraction of sp³-hybridized carbons (Fsp3) is 0.300. The molecule has 0 atom stereocenters. The van der Waals surface area contributed by atoms with Crippen molar-refractivity contribution < 1.29 is 4.79 Å². The van der Waals surface area contributed by atoms with Crippen LogP contribution in [-0.4, -0.2) is 10.8 Å². The highest BCUT2D eigenvalue weighted by molar-refractivity contribution is 9.10. The first-order valence-electron chi connectivity index (χ1n) is 4.38. The number of aromatic nitrogens is 1. The number of H-pyrrole nitrogens is 1. The number of aryl methyl sites for hydroxylation is 1. The quantitative estimate of drug-likeness (QED) is 0.831. The van der Waals surface area contributed by atoms with Crippen LogP contribution in [0, 0.1) is 11.3 Å². The Kier molecular flexibility index (Phi) is 3.43. The Bertz CT molecular complexity index is 511. The van der Waals surface area contributed by atoms with Gasteiger partial charge in [-0.25, -0.2) is 0 Å². The Morgan fingerprint density at radius 2 is 2.20 bits per heavy atom. The SMILES string of the molecule is CCc1[nH]c(=O)c(C#N)c(C(C)=O)c1Br. The van der Waals surface area contributed by atoms with Gasteiger partial charge in [-0.05, 0) is 29.3 Å². The summed E-state index contributed by atoms with van der Waals surface area (Å²) in [6.07, 6.45) is 0.585. The Morgan fingerprint density at radius 3 is 2.60 bits per heavy atom. The van der Waals surface area contributed by atoms with Crippen molar-refractivity contribution in [3.05, 3.63) is 31.6 Å². The number of hydrogen-bond acceptors (Lipinski definition) is 3. The predicted molar refractivity (Wildman–Crippen MR) is 58.9 cm³/mol. The van der Waals surface area contributed by atoms with E-state index in [1.165, 1.54) is 6.92 Å². The molecule has 78 valence electrons. The molecule has 0 saturated heterocycles. The third kappa shape index (κ3) is 2.00. The maximum atomic E-state index is 11.5. The summed E-state index contributed by atoms with van der Waals surface area (Å²) in [6.45, 7) is 3.19. The summed E-state index contributed by atoms with van der Waals surface area (Å²) in [6, 6.07) is 1.74. The lowest BCUT2D eigenvalue weighted by Crippen LogP contribution is -2.18. The zero-order chi connectivity index (χ0) is 11.6. The number of ketones is 1. The van der Waals surface area contributed by atoms with E-state index >= 15 is 0 Å². The second-order valence-corrected chi connectivity index (χ2v) is 3.81. The van der Waals surface area contributed by atoms with E-state index in [0.29, 0.717) is 16.6 Å². The Labute approximate surface area is 95.1 Å². The van der Waals surface area contributed by atoms with Gasteiger partial charge in [-0.3, -0.25) is 9.59 Å². The van der Waals surface area contributed by atoms with E-state index in [0.717, 1.165) is 0 Å². The molecule has 0 aromatic carbocycles. The highest BCUT2D eigenvalue weighted by atomic mass is 79.9. The fourth-order valence-electron chi connectivity index (χ4n) is 1.31. The van der Waals surface area contributed by atoms with Crippen molar-refractivity contribution in [2.24, 2.45) is 0 Å². The number of nitrogens with zero attached hydrogens (tertiary/aromatic N) is 1. The maximum absolute atomic E-state index is 11.5. The molecule has 1 rings (SSSR count). The van der Waals surface area contributed by atoms with Crippen LogP contribution >= 0.6 is 15.9 Å². The van der Waals surface area contributed by atoms with Gasteiger partial charge < -0.3 is 4.98 Å². The summed E-state index contributed by atoms with van der Waals surface area (Å²) < 4.78 is 0.508. The van der Waals surface area contributed by atoms with Crippen molar-refractivity contribution >= 4 is 21.7 Å². The number of rotatable bonds is 2. The number of nitriles is 1. The number of carbonyl (C=O) groups excluding carboxylic acids is 1. The average Bonchev–Trinajstić information content (AvgIpc) is 2.19. The first-order chi connectivity index (χ1) is 7.02. The minimum Gasteiger partial charge on any atom is -0.324 e. The van der Waals surface area contributed by atoms with Crippen molar-refractivity contribution in [1.82, 2.24) is 4.98 Å². The number of Topliss-reactive ketones (excluding diaryl/α,β-unsaturated/α-hetero) is 1. The largest absolute Gasteiger partial charge is 0.324 e. The molecule has 0 fully saturated rings. The molecule has 4 nitrogen and oxygen atoms in total. The van der Waals surface area contributed by atoms with Crippen LogP contribution in [0.5, 0.6) is 0 Å². The number of pyridine rings is 1. The van der Waals surface area contributed by atoms with Crippen molar-refractivity contribution in [3.8, 4) is 6.07 Å². The van der Waals surface area contributed by atoms with E-state index in [2.05, 4.69) is 20.9 Å². The molecule has 0 radical (unpaired) electrons. The first-order valence-corrected chi connectivity index (χ1v) is 5.17. The van der Waals surface area contributed by atoms with Gasteiger partial charge in [-0.15, -0.1) is 0 Å². The molecule has 15 heavy (non-hydrogen) atoms. The number of halogens is 1. The van der Waals surface area contributed by atoms with E-state index in [4.69, 9.17) is 5.26 Å². The van der Waals surface area contributed by atoms with Gasteiger partial charge in [0.1, 0.15) is 11.6 Å². The van der Waals surface area contributed by atoms with Gasteiger partial charge in [-0.2, -0.15) is 5.26 Å². The van der Waals surface area contributed by atoms with E-state index in [9.17, 15) is 9.59 Å². The van der Waals surface area contributed by atoms with Crippen molar-refractivity contribution in [2.75, 3.05) is 0 Å². The zero-order valence-corrected chi connectivity index (χ0v) is 9.93. The molecule has 1 aromatic rings. The second kappa shape index (κ2) is 4.41. The molecule has 1 aromatic heterocycles. The Hall–Kier alpha value is -1.41. The second-order valence-electron chi connectivity index (χ2n) is 3.02. The van der Waals surface area contributed by atoms with Gasteiger partial charge in [0.05, 0.1) is 5.56 Å². The third-order valence-corrected chi connectivity index (χ3v) is 2.92. The number of carbonyl (C=O) groups is 1. The lowest BCUT2D eigenvalue weighted by Gasteiger charge is -2.06. The minimum absolute atomic E-state index is 0.133. The van der Waals surface area contributed by atoms with E-state index < -0.39 is 5.56 Å². The van der Waals surface area contributed by atoms with E-state index in [1.54, 1.807) is 6.07 Å².